The lowest BCUT2D eigenvalue weighted by atomic mass is 9.85. The first kappa shape index (κ1) is 28.3. The van der Waals surface area contributed by atoms with Gasteiger partial charge >= 0.3 is 0 Å². The number of aromatic nitrogens is 4. The molecule has 0 amide bonds. The van der Waals surface area contributed by atoms with E-state index in [9.17, 15) is 9.50 Å². The molecule has 0 spiro atoms. The zero-order valence-corrected chi connectivity index (χ0v) is 23.8. The van der Waals surface area contributed by atoms with E-state index >= 15 is 4.39 Å². The minimum Gasteiger partial charge on any atom is -0.494 e. The van der Waals surface area contributed by atoms with Crippen LogP contribution in [-0.4, -0.2) is 62.4 Å². The van der Waals surface area contributed by atoms with Crippen LogP contribution in [0.2, 0.25) is 0 Å². The van der Waals surface area contributed by atoms with Crippen LogP contribution in [0, 0.1) is 12.3 Å². The van der Waals surface area contributed by atoms with Crippen LogP contribution in [-0.2, 0) is 18.2 Å². The highest BCUT2D eigenvalue weighted by Crippen LogP contribution is 2.36. The van der Waals surface area contributed by atoms with E-state index in [1.54, 1.807) is 17.0 Å². The van der Waals surface area contributed by atoms with E-state index < -0.39 is 23.9 Å². The number of hydrogen-bond donors (Lipinski definition) is 2. The molecular weight excluding hydrogens is 516 g/mol. The standard InChI is InChI=1S/C30H39F2N5O3/c1-18-21(27(35-36(18)5)29(38)30(2,3)4)12-15-39-28-22(7-8-23(31)26(28)32)19-6-9-24-34-16-25(37(24)17-19)40-20-10-13-33-14-11-20/h6-9,16-17,20,23,26,29,33,38H,10-15H2,1-5H3. The van der Waals surface area contributed by atoms with Crippen molar-refractivity contribution in [3.8, 4) is 5.88 Å². The van der Waals surface area contributed by atoms with Crippen LogP contribution in [0.3, 0.4) is 0 Å². The molecule has 1 aliphatic carbocycles. The Morgan fingerprint density at radius 1 is 1.20 bits per heavy atom. The van der Waals surface area contributed by atoms with Gasteiger partial charge in [-0.15, -0.1) is 0 Å². The van der Waals surface area contributed by atoms with E-state index in [4.69, 9.17) is 9.47 Å². The number of nitrogens with one attached hydrogen (secondary N) is 1. The van der Waals surface area contributed by atoms with Gasteiger partial charge in [-0.05, 0) is 56.5 Å². The molecule has 1 aliphatic heterocycles. The van der Waals surface area contributed by atoms with Gasteiger partial charge in [0.15, 0.2) is 12.3 Å². The van der Waals surface area contributed by atoms with Crippen molar-refractivity contribution < 1.29 is 23.4 Å². The van der Waals surface area contributed by atoms with Gasteiger partial charge in [0, 0.05) is 42.1 Å². The van der Waals surface area contributed by atoms with Crippen molar-refractivity contribution in [1.29, 1.82) is 0 Å². The summed E-state index contributed by atoms with van der Waals surface area (Å²) in [6, 6.07) is 3.66. The molecule has 8 nitrogen and oxygen atoms in total. The first-order chi connectivity index (χ1) is 19.0. The predicted molar refractivity (Wildman–Crippen MR) is 150 cm³/mol. The van der Waals surface area contributed by atoms with Crippen molar-refractivity contribution >= 4 is 11.2 Å². The quantitative estimate of drug-likeness (QED) is 0.415. The van der Waals surface area contributed by atoms with E-state index in [1.807, 2.05) is 57.5 Å². The Bertz CT molecular complexity index is 1410. The molecule has 0 bridgehead atoms. The molecule has 10 heteroatoms. The van der Waals surface area contributed by atoms with Crippen molar-refractivity contribution in [2.75, 3.05) is 19.7 Å². The zero-order chi connectivity index (χ0) is 28.6. The van der Waals surface area contributed by atoms with Crippen LogP contribution in [0.1, 0.15) is 62.2 Å². The average molecular weight is 556 g/mol. The van der Waals surface area contributed by atoms with Crippen LogP contribution >= 0.6 is 0 Å². The van der Waals surface area contributed by atoms with E-state index in [0.717, 1.165) is 37.2 Å². The predicted octanol–water partition coefficient (Wildman–Crippen LogP) is 4.80. The van der Waals surface area contributed by atoms with Crippen LogP contribution in [0.5, 0.6) is 5.88 Å². The Morgan fingerprint density at radius 2 is 1.95 bits per heavy atom. The summed E-state index contributed by atoms with van der Waals surface area (Å²) in [7, 11) is 1.83. The summed E-state index contributed by atoms with van der Waals surface area (Å²) >= 11 is 0. The van der Waals surface area contributed by atoms with Crippen LogP contribution in [0.4, 0.5) is 8.78 Å². The van der Waals surface area contributed by atoms with Crippen molar-refractivity contribution in [3.63, 3.8) is 0 Å². The Kier molecular flexibility index (Phi) is 8.01. The van der Waals surface area contributed by atoms with Crippen molar-refractivity contribution in [1.82, 2.24) is 24.5 Å². The number of aryl methyl sites for hydroxylation is 1. The van der Waals surface area contributed by atoms with Gasteiger partial charge < -0.3 is 19.9 Å². The van der Waals surface area contributed by atoms with Gasteiger partial charge in [0.05, 0.1) is 18.5 Å². The Hall–Kier alpha value is -3.24. The van der Waals surface area contributed by atoms with Gasteiger partial charge in [0.25, 0.3) is 0 Å². The molecule has 3 atom stereocenters. The SMILES string of the molecule is Cc1c(CCOC2=C(c3ccc4ncc(OC5CCNCC5)n4c3)C=CC(F)C2F)c(C(O)C(C)(C)C)nn1C. The number of fused-ring (bicyclic) bond motifs is 1. The molecule has 1 fully saturated rings. The molecule has 1 saturated heterocycles. The lowest BCUT2D eigenvalue weighted by Gasteiger charge is -2.26. The maximum Gasteiger partial charge on any atom is 0.218 e. The normalized spacial score (nSPS) is 21.3. The van der Waals surface area contributed by atoms with E-state index in [0.29, 0.717) is 34.8 Å². The molecule has 216 valence electrons. The molecular formula is C30H39F2N5O3. The van der Waals surface area contributed by atoms with Crippen LogP contribution < -0.4 is 10.1 Å². The highest BCUT2D eigenvalue weighted by molar-refractivity contribution is 5.78. The van der Waals surface area contributed by atoms with Crippen molar-refractivity contribution in [2.24, 2.45) is 12.5 Å². The van der Waals surface area contributed by atoms with Crippen LogP contribution in [0.15, 0.2) is 42.4 Å². The maximum atomic E-state index is 15.3. The summed E-state index contributed by atoms with van der Waals surface area (Å²) in [5.41, 5.74) is 3.77. The fourth-order valence-electron chi connectivity index (χ4n) is 5.23. The van der Waals surface area contributed by atoms with E-state index in [2.05, 4.69) is 15.4 Å². The summed E-state index contributed by atoms with van der Waals surface area (Å²) in [4.78, 5) is 4.44. The highest BCUT2D eigenvalue weighted by atomic mass is 19.2. The summed E-state index contributed by atoms with van der Waals surface area (Å²) in [5, 5.41) is 18.8. The first-order valence-electron chi connectivity index (χ1n) is 13.9. The van der Waals surface area contributed by atoms with Gasteiger partial charge in [-0.25, -0.2) is 13.8 Å². The number of piperidine rings is 1. The fraction of sp³-hybridized carbons (Fsp3) is 0.533. The zero-order valence-electron chi connectivity index (χ0n) is 23.8. The maximum absolute atomic E-state index is 15.3. The second kappa shape index (κ2) is 11.3. The van der Waals surface area contributed by atoms with Gasteiger partial charge in [0.1, 0.15) is 23.6 Å². The van der Waals surface area contributed by atoms with Gasteiger partial charge in [-0.1, -0.05) is 26.8 Å². The molecule has 3 unspecified atom stereocenters. The van der Waals surface area contributed by atoms with Crippen molar-refractivity contribution in [3.05, 3.63) is 65.0 Å². The smallest absolute Gasteiger partial charge is 0.218 e. The number of halogens is 2. The molecule has 4 heterocycles. The summed E-state index contributed by atoms with van der Waals surface area (Å²) in [5.74, 6) is 0.568. The molecule has 2 N–H and O–H groups in total. The third-order valence-corrected chi connectivity index (χ3v) is 7.78. The number of ether oxygens (including phenoxy) is 2. The second-order valence-electron chi connectivity index (χ2n) is 11.7. The van der Waals surface area contributed by atoms with Gasteiger partial charge in [-0.3, -0.25) is 9.08 Å². The number of aliphatic hydroxyl groups is 1. The van der Waals surface area contributed by atoms with Crippen LogP contribution in [0.25, 0.3) is 11.2 Å². The Morgan fingerprint density at radius 3 is 2.67 bits per heavy atom. The number of imidazole rings is 1. The molecule has 0 saturated carbocycles. The fourth-order valence-corrected chi connectivity index (χ4v) is 5.23. The minimum atomic E-state index is -1.93. The number of alkyl halides is 2. The molecule has 2 aliphatic rings. The average Bonchev–Trinajstić information content (AvgIpc) is 3.45. The minimum absolute atomic E-state index is 0.0465. The number of allylic oxidation sites excluding steroid dienone is 4. The topological polar surface area (TPSA) is 85.8 Å². The number of aliphatic hydroxyl groups excluding tert-OH is 1. The van der Waals surface area contributed by atoms with Gasteiger partial charge in [-0.2, -0.15) is 5.10 Å². The van der Waals surface area contributed by atoms with Gasteiger partial charge in [0.2, 0.25) is 5.88 Å². The molecule has 3 aromatic rings. The third kappa shape index (κ3) is 5.65. The third-order valence-electron chi connectivity index (χ3n) is 7.78. The molecule has 0 aromatic carbocycles. The Labute approximate surface area is 233 Å². The molecule has 3 aromatic heterocycles. The lowest BCUT2D eigenvalue weighted by Crippen LogP contribution is -2.34. The van der Waals surface area contributed by atoms with E-state index in [-0.39, 0.29) is 18.5 Å². The first-order valence-corrected chi connectivity index (χ1v) is 13.9. The second-order valence-corrected chi connectivity index (χ2v) is 11.7. The largest absolute Gasteiger partial charge is 0.494 e. The van der Waals surface area contributed by atoms with E-state index in [1.165, 1.54) is 6.08 Å². The number of hydrogen-bond acceptors (Lipinski definition) is 6. The molecule has 0 radical (unpaired) electrons. The summed E-state index contributed by atoms with van der Waals surface area (Å²) < 4.78 is 45.6. The Balaban J connectivity index is 1.41. The lowest BCUT2D eigenvalue weighted by molar-refractivity contribution is 0.0572. The molecule has 5 rings (SSSR count). The van der Waals surface area contributed by atoms with Crippen molar-refractivity contribution in [2.45, 2.75) is 71.5 Å². The monoisotopic (exact) mass is 555 g/mol. The molecule has 40 heavy (non-hydrogen) atoms. The number of rotatable bonds is 8. The summed E-state index contributed by atoms with van der Waals surface area (Å²) in [6.07, 6.45) is 4.12. The summed E-state index contributed by atoms with van der Waals surface area (Å²) in [6.45, 7) is 9.68. The number of pyridine rings is 1. The number of nitrogens with zero attached hydrogens (tertiary/aromatic N) is 4. The highest BCUT2D eigenvalue weighted by Gasteiger charge is 2.32.